The number of benzene rings is 2. The summed E-state index contributed by atoms with van der Waals surface area (Å²) >= 11 is 0. The fourth-order valence-electron chi connectivity index (χ4n) is 4.91. The second kappa shape index (κ2) is 8.26. The third-order valence-corrected chi connectivity index (χ3v) is 6.58. The van der Waals surface area contributed by atoms with Gasteiger partial charge in [0.1, 0.15) is 6.04 Å². The van der Waals surface area contributed by atoms with Crippen LogP contribution in [0.25, 0.3) is 5.69 Å². The zero-order chi connectivity index (χ0) is 22.2. The average molecular weight is 429 g/mol. The molecule has 0 bridgehead atoms. The highest BCUT2D eigenvalue weighted by Crippen LogP contribution is 2.27. The minimum Gasteiger partial charge on any atom is -0.341 e. The first-order chi connectivity index (χ1) is 15.5. The van der Waals surface area contributed by atoms with E-state index in [2.05, 4.69) is 17.2 Å². The molecule has 0 saturated carbocycles. The Morgan fingerprint density at radius 2 is 1.62 bits per heavy atom. The molecular weight excluding hydrogens is 400 g/mol. The van der Waals surface area contributed by atoms with Crippen LogP contribution in [-0.4, -0.2) is 50.5 Å². The maximum Gasteiger partial charge on any atom is 0.254 e. The van der Waals surface area contributed by atoms with Crippen LogP contribution in [0, 0.1) is 13.8 Å². The smallest absolute Gasteiger partial charge is 0.254 e. The molecule has 3 aromatic rings. The summed E-state index contributed by atoms with van der Waals surface area (Å²) in [7, 11) is 0. The van der Waals surface area contributed by atoms with Crippen molar-refractivity contribution in [1.29, 1.82) is 0 Å². The van der Waals surface area contributed by atoms with Crippen molar-refractivity contribution < 1.29 is 9.59 Å². The van der Waals surface area contributed by atoms with Crippen molar-refractivity contribution in [2.45, 2.75) is 45.7 Å². The van der Waals surface area contributed by atoms with Gasteiger partial charge in [-0.05, 0) is 68.1 Å². The van der Waals surface area contributed by atoms with Gasteiger partial charge in [-0.2, -0.15) is 5.10 Å². The highest BCUT2D eigenvalue weighted by Gasteiger charge is 2.37. The molecule has 2 aliphatic rings. The second-order valence-corrected chi connectivity index (χ2v) is 8.84. The molecule has 1 aromatic heterocycles. The summed E-state index contributed by atoms with van der Waals surface area (Å²) in [5.74, 6) is -0.0263. The highest BCUT2D eigenvalue weighted by atomic mass is 16.2. The number of carbonyl (C=O) groups excluding carboxylic acids is 2. The van der Waals surface area contributed by atoms with E-state index in [-0.39, 0.29) is 11.8 Å². The molecule has 5 rings (SSSR count). The van der Waals surface area contributed by atoms with Gasteiger partial charge in [-0.3, -0.25) is 9.59 Å². The Kier molecular flexibility index (Phi) is 5.29. The first-order valence-electron chi connectivity index (χ1n) is 11.3. The van der Waals surface area contributed by atoms with Crippen LogP contribution in [0.4, 0.5) is 0 Å². The van der Waals surface area contributed by atoms with Gasteiger partial charge in [-0.15, -0.1) is 0 Å². The molecule has 6 heteroatoms. The highest BCUT2D eigenvalue weighted by molar-refractivity contribution is 5.98. The Balaban J connectivity index is 1.44. The molecule has 6 nitrogen and oxygen atoms in total. The number of fused-ring (bicyclic) bond motifs is 1. The first kappa shape index (κ1) is 20.5. The molecule has 1 unspecified atom stereocenters. The van der Waals surface area contributed by atoms with E-state index in [1.165, 1.54) is 0 Å². The molecule has 1 atom stereocenters. The number of amides is 2. The number of hydrogen-bond donors (Lipinski definition) is 0. The van der Waals surface area contributed by atoms with E-state index in [1.807, 2.05) is 65.9 Å². The number of carbonyl (C=O) groups is 2. The lowest BCUT2D eigenvalue weighted by atomic mass is 9.92. The van der Waals surface area contributed by atoms with Crippen LogP contribution in [0.15, 0.2) is 54.6 Å². The molecular formula is C26H28N4O2. The van der Waals surface area contributed by atoms with E-state index in [4.69, 9.17) is 0 Å². The van der Waals surface area contributed by atoms with Crippen LogP contribution in [0.1, 0.15) is 45.7 Å². The predicted octanol–water partition coefficient (Wildman–Crippen LogP) is 3.68. The van der Waals surface area contributed by atoms with Crippen LogP contribution in [0.2, 0.25) is 0 Å². The number of nitrogens with zero attached hydrogens (tertiary/aromatic N) is 4. The minimum atomic E-state index is -0.453. The fourth-order valence-corrected chi connectivity index (χ4v) is 4.91. The Morgan fingerprint density at radius 3 is 2.28 bits per heavy atom. The molecule has 2 aromatic carbocycles. The lowest BCUT2D eigenvalue weighted by Crippen LogP contribution is -2.53. The van der Waals surface area contributed by atoms with E-state index < -0.39 is 6.04 Å². The molecule has 0 spiro atoms. The van der Waals surface area contributed by atoms with Crippen molar-refractivity contribution in [2.75, 3.05) is 13.1 Å². The fraction of sp³-hybridized carbons (Fsp3) is 0.346. The zero-order valence-electron chi connectivity index (χ0n) is 18.6. The van der Waals surface area contributed by atoms with Gasteiger partial charge in [0, 0.05) is 37.3 Å². The Morgan fingerprint density at radius 1 is 0.938 bits per heavy atom. The minimum absolute atomic E-state index is 0.0737. The zero-order valence-corrected chi connectivity index (χ0v) is 18.6. The lowest BCUT2D eigenvalue weighted by molar-refractivity contribution is -0.135. The number of aryl methyl sites for hydroxylation is 2. The summed E-state index contributed by atoms with van der Waals surface area (Å²) in [4.78, 5) is 30.6. The van der Waals surface area contributed by atoms with Crippen molar-refractivity contribution in [2.24, 2.45) is 0 Å². The standard InChI is InChI=1S/C26H28N4O2/c1-18-15-19(2)30(27-18)23-11-9-20(10-12-23)25(31)29-17-22-8-4-3-7-21(22)16-24(29)26(32)28-13-5-6-14-28/h3-4,7-12,15,24H,5-6,13-14,16-17H2,1-2H3. The third-order valence-electron chi connectivity index (χ3n) is 6.58. The van der Waals surface area contributed by atoms with Gasteiger partial charge in [-0.25, -0.2) is 4.68 Å². The van der Waals surface area contributed by atoms with Crippen LogP contribution >= 0.6 is 0 Å². The van der Waals surface area contributed by atoms with Gasteiger partial charge in [0.15, 0.2) is 0 Å². The van der Waals surface area contributed by atoms with Crippen LogP contribution in [0.5, 0.6) is 0 Å². The summed E-state index contributed by atoms with van der Waals surface area (Å²) in [5, 5.41) is 4.52. The molecule has 1 fully saturated rings. The molecule has 2 amide bonds. The van der Waals surface area contributed by atoms with E-state index >= 15 is 0 Å². The molecule has 32 heavy (non-hydrogen) atoms. The Bertz CT molecular complexity index is 1160. The third kappa shape index (κ3) is 3.70. The van der Waals surface area contributed by atoms with Gasteiger partial charge < -0.3 is 9.80 Å². The number of rotatable bonds is 3. The van der Waals surface area contributed by atoms with Gasteiger partial charge in [0.25, 0.3) is 5.91 Å². The maximum atomic E-state index is 13.6. The SMILES string of the molecule is Cc1cc(C)n(-c2ccc(C(=O)N3Cc4ccccc4CC3C(=O)N3CCCC3)cc2)n1. The average Bonchev–Trinajstić information content (AvgIpc) is 3.47. The second-order valence-electron chi connectivity index (χ2n) is 8.84. The Labute approximate surface area is 188 Å². The predicted molar refractivity (Wildman–Crippen MR) is 123 cm³/mol. The van der Waals surface area contributed by atoms with E-state index in [1.54, 1.807) is 4.90 Å². The summed E-state index contributed by atoms with van der Waals surface area (Å²) in [5.41, 5.74) is 5.79. The van der Waals surface area contributed by atoms with Crippen molar-refractivity contribution in [3.63, 3.8) is 0 Å². The van der Waals surface area contributed by atoms with E-state index in [0.29, 0.717) is 18.5 Å². The van der Waals surface area contributed by atoms with Crippen LogP contribution in [-0.2, 0) is 17.8 Å². The topological polar surface area (TPSA) is 58.4 Å². The number of likely N-dealkylation sites (tertiary alicyclic amines) is 1. The summed E-state index contributed by atoms with van der Waals surface area (Å²) in [6.45, 7) is 6.01. The first-order valence-corrected chi connectivity index (χ1v) is 11.3. The molecule has 3 heterocycles. The van der Waals surface area contributed by atoms with Crippen molar-refractivity contribution in [3.8, 4) is 5.69 Å². The molecule has 0 N–H and O–H groups in total. The van der Waals surface area contributed by atoms with Crippen molar-refractivity contribution in [3.05, 3.63) is 82.7 Å². The summed E-state index contributed by atoms with van der Waals surface area (Å²) in [6.07, 6.45) is 2.65. The summed E-state index contributed by atoms with van der Waals surface area (Å²) < 4.78 is 1.88. The monoisotopic (exact) mass is 428 g/mol. The van der Waals surface area contributed by atoms with Gasteiger partial charge in [0.05, 0.1) is 11.4 Å². The molecule has 0 radical (unpaired) electrons. The van der Waals surface area contributed by atoms with Crippen molar-refractivity contribution in [1.82, 2.24) is 19.6 Å². The molecule has 2 aliphatic heterocycles. The molecule has 1 saturated heterocycles. The van der Waals surface area contributed by atoms with Gasteiger partial charge >= 0.3 is 0 Å². The molecule has 0 aliphatic carbocycles. The van der Waals surface area contributed by atoms with E-state index in [0.717, 1.165) is 54.1 Å². The van der Waals surface area contributed by atoms with Gasteiger partial charge in [0.2, 0.25) is 5.91 Å². The molecule has 164 valence electrons. The van der Waals surface area contributed by atoms with E-state index in [9.17, 15) is 9.59 Å². The normalized spacial score (nSPS) is 18.0. The maximum absolute atomic E-state index is 13.6. The number of aromatic nitrogens is 2. The van der Waals surface area contributed by atoms with Crippen LogP contribution in [0.3, 0.4) is 0 Å². The van der Waals surface area contributed by atoms with Crippen molar-refractivity contribution >= 4 is 11.8 Å². The number of hydrogen-bond acceptors (Lipinski definition) is 3. The lowest BCUT2D eigenvalue weighted by Gasteiger charge is -2.38. The quantitative estimate of drug-likeness (QED) is 0.640. The van der Waals surface area contributed by atoms with Crippen LogP contribution < -0.4 is 0 Å². The summed E-state index contributed by atoms with van der Waals surface area (Å²) in [6, 6.07) is 17.2. The Hall–Kier alpha value is -3.41. The largest absolute Gasteiger partial charge is 0.341 e. The van der Waals surface area contributed by atoms with Gasteiger partial charge in [-0.1, -0.05) is 24.3 Å².